The van der Waals surface area contributed by atoms with Crippen LogP contribution in [-0.4, -0.2) is 51.4 Å². The first-order valence-corrected chi connectivity index (χ1v) is 11.6. The summed E-state index contributed by atoms with van der Waals surface area (Å²) in [6.07, 6.45) is 0. The highest BCUT2D eigenvalue weighted by Gasteiger charge is 2.41. The Morgan fingerprint density at radius 1 is 1.19 bits per heavy atom. The van der Waals surface area contributed by atoms with Crippen molar-refractivity contribution in [1.29, 1.82) is 0 Å². The second kappa shape index (κ2) is 8.67. The van der Waals surface area contributed by atoms with Crippen LogP contribution in [0.25, 0.3) is 10.2 Å². The Morgan fingerprint density at radius 3 is 2.62 bits per heavy atom. The number of fused-ring (bicyclic) bond motifs is 2. The number of imide groups is 1. The molecule has 3 amide bonds. The van der Waals surface area contributed by atoms with Crippen LogP contribution in [0.3, 0.4) is 0 Å². The monoisotopic (exact) mass is 470 g/mol. The third kappa shape index (κ3) is 3.73. The highest BCUT2D eigenvalue weighted by molar-refractivity contribution is 8.01. The number of carbonyl (C=O) groups excluding carboxylic acids is 3. The maximum atomic E-state index is 12.9. The zero-order valence-electron chi connectivity index (χ0n) is 17.2. The lowest BCUT2D eigenvalue weighted by molar-refractivity contribution is -0.385. The summed E-state index contributed by atoms with van der Waals surface area (Å²) in [5, 5.41) is 11.3. The molecule has 3 aromatic rings. The van der Waals surface area contributed by atoms with Crippen molar-refractivity contribution in [2.24, 2.45) is 0 Å². The molecular weight excluding hydrogens is 452 g/mol. The molecule has 0 spiro atoms. The fourth-order valence-corrected chi connectivity index (χ4v) is 5.54. The standard InChI is InChI=1S/C21H18N4O5S2/c1-3-23(4-2)17(26)11-31-21-22-14-9-8-12(10-16(14)32-21)24-19(27)13-6-5-7-15(25(29)30)18(13)20(24)28/h5-10H,3-4,11H2,1-2H3. The predicted octanol–water partition coefficient (Wildman–Crippen LogP) is 3.97. The number of amides is 3. The van der Waals surface area contributed by atoms with Gasteiger partial charge in [0, 0.05) is 19.2 Å². The first kappa shape index (κ1) is 21.9. The Hall–Kier alpha value is -3.31. The lowest BCUT2D eigenvalue weighted by Crippen LogP contribution is -2.31. The van der Waals surface area contributed by atoms with Crippen LogP contribution in [0.15, 0.2) is 40.7 Å². The Balaban J connectivity index is 1.60. The zero-order valence-corrected chi connectivity index (χ0v) is 18.9. The van der Waals surface area contributed by atoms with E-state index in [2.05, 4.69) is 4.98 Å². The molecule has 0 unspecified atom stereocenters. The van der Waals surface area contributed by atoms with Crippen molar-refractivity contribution in [3.63, 3.8) is 0 Å². The molecule has 1 aromatic heterocycles. The minimum absolute atomic E-state index is 0.0137. The molecule has 4 rings (SSSR count). The van der Waals surface area contributed by atoms with E-state index in [4.69, 9.17) is 0 Å². The number of hydrogen-bond donors (Lipinski definition) is 0. The summed E-state index contributed by atoms with van der Waals surface area (Å²) in [4.78, 5) is 55.9. The van der Waals surface area contributed by atoms with E-state index in [-0.39, 0.29) is 22.8 Å². The Bertz CT molecular complexity index is 1270. The first-order chi connectivity index (χ1) is 15.3. The second-order valence-electron chi connectivity index (χ2n) is 6.89. The van der Waals surface area contributed by atoms with E-state index in [1.807, 2.05) is 13.8 Å². The SMILES string of the molecule is CCN(CC)C(=O)CSc1nc2ccc(N3C(=O)c4cccc([N+](=O)[O-])c4C3=O)cc2s1. The van der Waals surface area contributed by atoms with Crippen LogP contribution >= 0.6 is 23.1 Å². The highest BCUT2D eigenvalue weighted by Crippen LogP contribution is 2.37. The normalized spacial score (nSPS) is 13.0. The van der Waals surface area contributed by atoms with Crippen LogP contribution in [0, 0.1) is 10.1 Å². The van der Waals surface area contributed by atoms with Gasteiger partial charge < -0.3 is 4.90 Å². The fraction of sp³-hybridized carbons (Fsp3) is 0.238. The molecule has 1 aliphatic rings. The number of carbonyl (C=O) groups is 3. The van der Waals surface area contributed by atoms with Crippen LogP contribution in [0.4, 0.5) is 11.4 Å². The maximum absolute atomic E-state index is 12.9. The third-order valence-electron chi connectivity index (χ3n) is 5.14. The van der Waals surface area contributed by atoms with Gasteiger partial charge >= 0.3 is 0 Å². The lowest BCUT2D eigenvalue weighted by atomic mass is 10.1. The Morgan fingerprint density at radius 2 is 1.94 bits per heavy atom. The molecule has 1 aliphatic heterocycles. The van der Waals surface area contributed by atoms with E-state index in [0.29, 0.717) is 28.6 Å². The number of hydrogen-bond acceptors (Lipinski definition) is 8. The van der Waals surface area contributed by atoms with Gasteiger partial charge in [-0.05, 0) is 38.1 Å². The van der Waals surface area contributed by atoms with Gasteiger partial charge in [-0.15, -0.1) is 11.3 Å². The van der Waals surface area contributed by atoms with Crippen LogP contribution in [0.1, 0.15) is 34.6 Å². The smallest absolute Gasteiger partial charge is 0.283 e. The molecule has 11 heteroatoms. The van der Waals surface area contributed by atoms with E-state index in [1.165, 1.54) is 41.3 Å². The molecule has 2 heterocycles. The molecule has 0 atom stereocenters. The minimum atomic E-state index is -0.722. The maximum Gasteiger partial charge on any atom is 0.283 e. The molecule has 2 aromatic carbocycles. The molecule has 0 N–H and O–H groups in total. The predicted molar refractivity (Wildman–Crippen MR) is 123 cm³/mol. The first-order valence-electron chi connectivity index (χ1n) is 9.83. The second-order valence-corrected chi connectivity index (χ2v) is 9.14. The average Bonchev–Trinajstić information content (AvgIpc) is 3.30. The minimum Gasteiger partial charge on any atom is -0.343 e. The van der Waals surface area contributed by atoms with E-state index in [1.54, 1.807) is 23.1 Å². The van der Waals surface area contributed by atoms with E-state index in [0.717, 1.165) is 9.60 Å². The number of nitro benzene ring substituents is 1. The van der Waals surface area contributed by atoms with Crippen molar-refractivity contribution in [3.05, 3.63) is 57.6 Å². The molecule has 0 saturated carbocycles. The van der Waals surface area contributed by atoms with Gasteiger partial charge in [0.05, 0.1) is 32.1 Å². The summed E-state index contributed by atoms with van der Waals surface area (Å²) in [7, 11) is 0. The molecule has 0 saturated heterocycles. The van der Waals surface area contributed by atoms with Gasteiger partial charge in [-0.1, -0.05) is 17.8 Å². The number of thiazole rings is 1. The lowest BCUT2D eigenvalue weighted by Gasteiger charge is -2.17. The number of nitro groups is 1. The number of aromatic nitrogens is 1. The molecule has 0 bridgehead atoms. The van der Waals surface area contributed by atoms with Gasteiger partial charge in [0.15, 0.2) is 4.34 Å². The van der Waals surface area contributed by atoms with Crippen molar-refractivity contribution in [2.75, 3.05) is 23.7 Å². The number of anilines is 1. The third-order valence-corrected chi connectivity index (χ3v) is 7.28. The molecule has 0 radical (unpaired) electrons. The van der Waals surface area contributed by atoms with Gasteiger partial charge in [0.1, 0.15) is 5.56 Å². The van der Waals surface area contributed by atoms with Crippen LogP contribution in [-0.2, 0) is 4.79 Å². The van der Waals surface area contributed by atoms with Crippen molar-refractivity contribution >= 4 is 62.4 Å². The van der Waals surface area contributed by atoms with Crippen LogP contribution in [0.5, 0.6) is 0 Å². The average molecular weight is 471 g/mol. The summed E-state index contributed by atoms with van der Waals surface area (Å²) in [6, 6.07) is 8.95. The summed E-state index contributed by atoms with van der Waals surface area (Å²) in [6.45, 7) is 5.16. The molecule has 9 nitrogen and oxygen atoms in total. The topological polar surface area (TPSA) is 114 Å². The van der Waals surface area contributed by atoms with Crippen molar-refractivity contribution < 1.29 is 19.3 Å². The number of nitrogens with zero attached hydrogens (tertiary/aromatic N) is 4. The zero-order chi connectivity index (χ0) is 23.0. The number of rotatable bonds is 7. The van der Waals surface area contributed by atoms with Gasteiger partial charge in [0.25, 0.3) is 17.5 Å². The van der Waals surface area contributed by atoms with Crippen LogP contribution in [0.2, 0.25) is 0 Å². The Labute approximate surface area is 191 Å². The fourth-order valence-electron chi connectivity index (χ4n) is 3.54. The summed E-state index contributed by atoms with van der Waals surface area (Å²) in [5.74, 6) is -1.01. The summed E-state index contributed by atoms with van der Waals surface area (Å²) >= 11 is 2.70. The van der Waals surface area contributed by atoms with Gasteiger partial charge in [-0.25, -0.2) is 9.88 Å². The van der Waals surface area contributed by atoms with Crippen LogP contribution < -0.4 is 4.90 Å². The molecular formula is C21H18N4O5S2. The van der Waals surface area contributed by atoms with Gasteiger partial charge in [0.2, 0.25) is 5.91 Å². The quantitative estimate of drug-likeness (QED) is 0.222. The summed E-state index contributed by atoms with van der Waals surface area (Å²) in [5.41, 5.74) is 0.424. The Kier molecular flexibility index (Phi) is 5.94. The van der Waals surface area contributed by atoms with E-state index < -0.39 is 22.4 Å². The molecule has 32 heavy (non-hydrogen) atoms. The van der Waals surface area contributed by atoms with Gasteiger partial charge in [-0.2, -0.15) is 0 Å². The van der Waals surface area contributed by atoms with Crippen molar-refractivity contribution in [3.8, 4) is 0 Å². The van der Waals surface area contributed by atoms with E-state index in [9.17, 15) is 24.5 Å². The number of thioether (sulfide) groups is 1. The van der Waals surface area contributed by atoms with Crippen molar-refractivity contribution in [1.82, 2.24) is 9.88 Å². The molecule has 164 valence electrons. The summed E-state index contributed by atoms with van der Waals surface area (Å²) < 4.78 is 1.45. The molecule has 0 fully saturated rings. The van der Waals surface area contributed by atoms with Crippen molar-refractivity contribution in [2.45, 2.75) is 18.2 Å². The van der Waals surface area contributed by atoms with E-state index >= 15 is 0 Å². The largest absolute Gasteiger partial charge is 0.343 e. The van der Waals surface area contributed by atoms with Gasteiger partial charge in [-0.3, -0.25) is 24.5 Å². The highest BCUT2D eigenvalue weighted by atomic mass is 32.2. The molecule has 0 aliphatic carbocycles. The number of benzene rings is 2.